The first-order valence-corrected chi connectivity index (χ1v) is 12.9. The Balaban J connectivity index is 1.65. The maximum Gasteiger partial charge on any atom is 0.193 e. The van der Waals surface area contributed by atoms with Crippen LogP contribution in [0.2, 0.25) is 0 Å². The zero-order valence-corrected chi connectivity index (χ0v) is 21.7. The molecule has 5 rings (SSSR count). The highest BCUT2D eigenvalue weighted by molar-refractivity contribution is 7.22. The second-order valence-electron chi connectivity index (χ2n) is 9.23. The Hall–Kier alpha value is -3.67. The lowest BCUT2D eigenvalue weighted by Gasteiger charge is -2.18. The van der Waals surface area contributed by atoms with Crippen LogP contribution in [0.15, 0.2) is 95.9 Å². The number of thiophene rings is 1. The van der Waals surface area contributed by atoms with Crippen LogP contribution in [0.3, 0.4) is 0 Å². The van der Waals surface area contributed by atoms with Crippen LogP contribution in [0.4, 0.5) is 0 Å². The van der Waals surface area contributed by atoms with E-state index in [1.807, 2.05) is 37.4 Å². The van der Waals surface area contributed by atoms with Crippen LogP contribution >= 0.6 is 11.3 Å². The van der Waals surface area contributed by atoms with Gasteiger partial charge >= 0.3 is 0 Å². The molecule has 0 amide bonds. The number of hydrogen-bond acceptors (Lipinski definition) is 4. The van der Waals surface area contributed by atoms with Crippen molar-refractivity contribution in [2.24, 2.45) is 0 Å². The summed E-state index contributed by atoms with van der Waals surface area (Å²) in [4.78, 5) is 18.0. The van der Waals surface area contributed by atoms with Gasteiger partial charge in [0.15, 0.2) is 5.43 Å². The van der Waals surface area contributed by atoms with E-state index in [-0.39, 0.29) is 5.43 Å². The zero-order chi connectivity index (χ0) is 25.1. The maximum atomic E-state index is 13.6. The molecule has 0 atom stereocenters. The molecule has 182 valence electrons. The van der Waals surface area contributed by atoms with Gasteiger partial charge in [-0.05, 0) is 60.5 Å². The van der Waals surface area contributed by atoms with Gasteiger partial charge in [-0.25, -0.2) is 0 Å². The third kappa shape index (κ3) is 4.99. The highest BCUT2D eigenvalue weighted by atomic mass is 32.1. The molecule has 0 radical (unpaired) electrons. The van der Waals surface area contributed by atoms with Gasteiger partial charge in [-0.2, -0.15) is 0 Å². The van der Waals surface area contributed by atoms with Crippen molar-refractivity contribution in [3.8, 4) is 16.2 Å². The first-order chi connectivity index (χ1) is 17.5. The van der Waals surface area contributed by atoms with Crippen LogP contribution in [0.25, 0.3) is 20.7 Å². The average Bonchev–Trinajstić information content (AvgIpc) is 3.27. The van der Waals surface area contributed by atoms with Crippen LogP contribution in [-0.2, 0) is 19.6 Å². The van der Waals surface area contributed by atoms with Crippen molar-refractivity contribution >= 4 is 21.6 Å². The van der Waals surface area contributed by atoms with Gasteiger partial charge in [0.25, 0.3) is 0 Å². The summed E-state index contributed by atoms with van der Waals surface area (Å²) in [6.45, 7) is 4.14. The molecule has 36 heavy (non-hydrogen) atoms. The van der Waals surface area contributed by atoms with Crippen molar-refractivity contribution in [3.05, 3.63) is 124 Å². The van der Waals surface area contributed by atoms with Crippen LogP contribution in [0.5, 0.6) is 5.75 Å². The molecule has 0 aliphatic rings. The second-order valence-corrected chi connectivity index (χ2v) is 10.2. The normalized spacial score (nSPS) is 11.3. The SMILES string of the molecule is COc1ccc(-c2sc3c(c2CN(C)Cc2ccccc2)c(=O)c(C)cn3Cc2ccccc2)cc1. The molecular formula is C31H30N2O2S. The zero-order valence-electron chi connectivity index (χ0n) is 20.9. The Kier molecular flexibility index (Phi) is 7.03. The molecule has 5 aromatic rings. The van der Waals surface area contributed by atoms with Crippen LogP contribution in [-0.4, -0.2) is 23.6 Å². The monoisotopic (exact) mass is 494 g/mol. The molecule has 3 aromatic carbocycles. The van der Waals surface area contributed by atoms with E-state index >= 15 is 0 Å². The molecule has 0 aliphatic carbocycles. The van der Waals surface area contributed by atoms with Gasteiger partial charge in [0.1, 0.15) is 10.6 Å². The van der Waals surface area contributed by atoms with Crippen molar-refractivity contribution in [1.29, 1.82) is 0 Å². The summed E-state index contributed by atoms with van der Waals surface area (Å²) in [6.07, 6.45) is 2.00. The summed E-state index contributed by atoms with van der Waals surface area (Å²) >= 11 is 1.70. The predicted octanol–water partition coefficient (Wildman–Crippen LogP) is 6.73. The summed E-state index contributed by atoms with van der Waals surface area (Å²) in [6, 6.07) is 29.0. The molecular weight excluding hydrogens is 464 g/mol. The molecule has 0 aliphatic heterocycles. The van der Waals surface area contributed by atoms with E-state index in [0.717, 1.165) is 50.6 Å². The number of rotatable bonds is 8. The van der Waals surface area contributed by atoms with Gasteiger partial charge in [0.2, 0.25) is 0 Å². The number of benzene rings is 3. The minimum Gasteiger partial charge on any atom is -0.497 e. The summed E-state index contributed by atoms with van der Waals surface area (Å²) < 4.78 is 7.62. The van der Waals surface area contributed by atoms with Gasteiger partial charge in [-0.15, -0.1) is 11.3 Å². The van der Waals surface area contributed by atoms with E-state index in [1.165, 1.54) is 11.1 Å². The standard InChI is InChI=1S/C31H30N2O2S/c1-22-18-33(20-24-12-8-5-9-13-24)31-28(29(22)34)27(21-32(2)19-23-10-6-4-7-11-23)30(36-31)25-14-16-26(35-3)17-15-25/h4-18H,19-21H2,1-3H3. The number of methoxy groups -OCH3 is 1. The molecule has 0 fully saturated rings. The summed E-state index contributed by atoms with van der Waals surface area (Å²) in [5.74, 6) is 0.821. The summed E-state index contributed by atoms with van der Waals surface area (Å²) in [7, 11) is 3.80. The van der Waals surface area contributed by atoms with Gasteiger partial charge in [-0.3, -0.25) is 9.69 Å². The maximum absolute atomic E-state index is 13.6. The average molecular weight is 495 g/mol. The number of fused-ring (bicyclic) bond motifs is 1. The molecule has 0 unspecified atom stereocenters. The first kappa shape index (κ1) is 24.0. The Labute approximate surface area is 216 Å². The van der Waals surface area contributed by atoms with Crippen molar-refractivity contribution in [2.45, 2.75) is 26.6 Å². The Morgan fingerprint density at radius 2 is 1.50 bits per heavy atom. The number of nitrogens with zero attached hydrogens (tertiary/aromatic N) is 2. The number of ether oxygens (including phenoxy) is 1. The van der Waals surface area contributed by atoms with Crippen molar-refractivity contribution < 1.29 is 4.74 Å². The molecule has 4 nitrogen and oxygen atoms in total. The topological polar surface area (TPSA) is 34.5 Å². The largest absolute Gasteiger partial charge is 0.497 e. The van der Waals surface area contributed by atoms with Crippen molar-refractivity contribution in [1.82, 2.24) is 9.47 Å². The van der Waals surface area contributed by atoms with E-state index < -0.39 is 0 Å². The fourth-order valence-electron chi connectivity index (χ4n) is 4.68. The highest BCUT2D eigenvalue weighted by Gasteiger charge is 2.21. The summed E-state index contributed by atoms with van der Waals surface area (Å²) in [5.41, 5.74) is 5.54. The highest BCUT2D eigenvalue weighted by Crippen LogP contribution is 2.39. The van der Waals surface area contributed by atoms with Crippen LogP contribution < -0.4 is 10.2 Å². The van der Waals surface area contributed by atoms with Crippen LogP contribution in [0.1, 0.15) is 22.3 Å². The fraction of sp³-hybridized carbons (Fsp3) is 0.194. The molecule has 0 saturated carbocycles. The lowest BCUT2D eigenvalue weighted by molar-refractivity contribution is 0.321. The Morgan fingerprint density at radius 3 is 2.14 bits per heavy atom. The first-order valence-electron chi connectivity index (χ1n) is 12.1. The Morgan fingerprint density at radius 1 is 0.861 bits per heavy atom. The molecule has 0 spiro atoms. The number of aryl methyl sites for hydroxylation is 1. The lowest BCUT2D eigenvalue weighted by atomic mass is 10.0. The number of pyridine rings is 1. The molecule has 5 heteroatoms. The lowest BCUT2D eigenvalue weighted by Crippen LogP contribution is -2.19. The molecule has 0 N–H and O–H groups in total. The van der Waals surface area contributed by atoms with Gasteiger partial charge in [0.05, 0.1) is 12.5 Å². The van der Waals surface area contributed by atoms with Gasteiger partial charge in [-0.1, -0.05) is 60.7 Å². The molecule has 0 bridgehead atoms. The Bertz CT molecular complexity index is 1520. The molecule has 0 saturated heterocycles. The molecule has 2 heterocycles. The third-order valence-corrected chi connectivity index (χ3v) is 7.77. The predicted molar refractivity (Wildman–Crippen MR) is 150 cm³/mol. The van der Waals surface area contributed by atoms with E-state index in [2.05, 4.69) is 77.2 Å². The second kappa shape index (κ2) is 10.5. The smallest absolute Gasteiger partial charge is 0.193 e. The fourth-order valence-corrected chi connectivity index (χ4v) is 5.97. The van der Waals surface area contributed by atoms with Gasteiger partial charge < -0.3 is 9.30 Å². The third-order valence-electron chi connectivity index (χ3n) is 6.46. The minimum absolute atomic E-state index is 0.119. The quantitative estimate of drug-likeness (QED) is 0.240. The molecule has 2 aromatic heterocycles. The van der Waals surface area contributed by atoms with E-state index in [4.69, 9.17) is 4.74 Å². The van der Waals surface area contributed by atoms with Gasteiger partial charge in [0, 0.05) is 36.3 Å². The van der Waals surface area contributed by atoms with Crippen LogP contribution in [0, 0.1) is 6.92 Å². The van der Waals surface area contributed by atoms with Crippen molar-refractivity contribution in [2.75, 3.05) is 14.2 Å². The van der Waals surface area contributed by atoms with E-state index in [1.54, 1.807) is 18.4 Å². The minimum atomic E-state index is 0.119. The number of aromatic nitrogens is 1. The van der Waals surface area contributed by atoms with E-state index in [9.17, 15) is 4.79 Å². The summed E-state index contributed by atoms with van der Waals surface area (Å²) in [5, 5.41) is 0.835. The number of hydrogen-bond donors (Lipinski definition) is 0. The van der Waals surface area contributed by atoms with E-state index in [0.29, 0.717) is 6.54 Å². The van der Waals surface area contributed by atoms with Crippen molar-refractivity contribution in [3.63, 3.8) is 0 Å².